The number of ether oxygens (including phenoxy) is 2. The molecule has 0 aromatic carbocycles. The Bertz CT molecular complexity index is 294. The molecule has 76 valence electrons. The molecule has 1 N–H and O–H groups in total. The van der Waals surface area contributed by atoms with E-state index in [1.807, 2.05) is 0 Å². The maximum absolute atomic E-state index is 11.1. The van der Waals surface area contributed by atoms with Crippen molar-refractivity contribution in [2.24, 2.45) is 0 Å². The molecule has 0 radical (unpaired) electrons. The van der Waals surface area contributed by atoms with Crippen molar-refractivity contribution in [3.63, 3.8) is 0 Å². The third-order valence-electron chi connectivity index (χ3n) is 2.25. The molecular weight excluding hydrogens is 184 g/mol. The number of epoxide rings is 1. The van der Waals surface area contributed by atoms with Crippen LogP contribution >= 0.6 is 0 Å². The second-order valence-electron chi connectivity index (χ2n) is 3.44. The lowest BCUT2D eigenvalue weighted by Crippen LogP contribution is -2.21. The topological polar surface area (TPSA) is 59.1 Å². The predicted molar refractivity (Wildman–Crippen MR) is 48.5 cm³/mol. The van der Waals surface area contributed by atoms with Gasteiger partial charge in [0, 0.05) is 6.08 Å². The minimum atomic E-state index is -0.749. The summed E-state index contributed by atoms with van der Waals surface area (Å²) in [6.45, 7) is 1.79. The van der Waals surface area contributed by atoms with E-state index in [0.717, 1.165) is 0 Å². The first-order valence-corrected chi connectivity index (χ1v) is 4.57. The van der Waals surface area contributed by atoms with E-state index in [9.17, 15) is 9.90 Å². The molecule has 2 rings (SSSR count). The van der Waals surface area contributed by atoms with E-state index in [1.165, 1.54) is 12.2 Å². The SMILES string of the molecule is C[C@H]1OC(=O)/C=C\[C@@H](O)/C=C\[C@H]2O[C@@H]12. The number of carbonyl (C=O) groups is 1. The number of cyclic esters (lactones) is 1. The Morgan fingerprint density at radius 3 is 2.93 bits per heavy atom. The van der Waals surface area contributed by atoms with Crippen LogP contribution in [0.5, 0.6) is 0 Å². The van der Waals surface area contributed by atoms with Crippen molar-refractivity contribution in [1.29, 1.82) is 0 Å². The molecule has 2 aliphatic heterocycles. The summed E-state index contributed by atoms with van der Waals surface area (Å²) >= 11 is 0. The molecule has 2 heterocycles. The van der Waals surface area contributed by atoms with Crippen molar-refractivity contribution < 1.29 is 19.4 Å². The quantitative estimate of drug-likeness (QED) is 0.341. The molecule has 0 saturated carbocycles. The maximum atomic E-state index is 11.1. The largest absolute Gasteiger partial charge is 0.457 e. The van der Waals surface area contributed by atoms with Crippen LogP contribution in [0, 0.1) is 0 Å². The summed E-state index contributed by atoms with van der Waals surface area (Å²) in [5.74, 6) is -0.443. The van der Waals surface area contributed by atoms with Gasteiger partial charge in [-0.3, -0.25) is 0 Å². The minimum absolute atomic E-state index is 0.0288. The number of fused-ring (bicyclic) bond motifs is 1. The van der Waals surface area contributed by atoms with Gasteiger partial charge in [-0.25, -0.2) is 4.79 Å². The zero-order valence-electron chi connectivity index (χ0n) is 7.79. The Morgan fingerprint density at radius 2 is 2.14 bits per heavy atom. The third-order valence-corrected chi connectivity index (χ3v) is 2.25. The second kappa shape index (κ2) is 3.55. The highest BCUT2D eigenvalue weighted by Crippen LogP contribution is 2.28. The fourth-order valence-corrected chi connectivity index (χ4v) is 1.42. The third kappa shape index (κ3) is 2.02. The van der Waals surface area contributed by atoms with Gasteiger partial charge in [0.1, 0.15) is 18.3 Å². The van der Waals surface area contributed by atoms with Crippen molar-refractivity contribution in [2.45, 2.75) is 31.3 Å². The lowest BCUT2D eigenvalue weighted by Gasteiger charge is -2.09. The van der Waals surface area contributed by atoms with Crippen molar-refractivity contribution >= 4 is 5.97 Å². The van der Waals surface area contributed by atoms with E-state index in [-0.39, 0.29) is 18.3 Å². The zero-order valence-corrected chi connectivity index (χ0v) is 7.79. The number of carbonyl (C=O) groups excluding carboxylic acids is 1. The molecule has 0 aromatic rings. The number of hydrogen-bond donors (Lipinski definition) is 1. The van der Waals surface area contributed by atoms with Crippen LogP contribution in [0.4, 0.5) is 0 Å². The second-order valence-corrected chi connectivity index (χ2v) is 3.44. The average molecular weight is 196 g/mol. The molecular formula is C10H12O4. The number of rotatable bonds is 0. The van der Waals surface area contributed by atoms with Crippen LogP contribution in [0.1, 0.15) is 6.92 Å². The molecule has 0 aromatic heterocycles. The number of hydrogen-bond acceptors (Lipinski definition) is 4. The fraction of sp³-hybridized carbons (Fsp3) is 0.500. The van der Waals surface area contributed by atoms with E-state index in [2.05, 4.69) is 0 Å². The predicted octanol–water partition coefficient (Wildman–Crippen LogP) is 0.172. The molecule has 4 nitrogen and oxygen atoms in total. The summed E-state index contributed by atoms with van der Waals surface area (Å²) in [5, 5.41) is 9.31. The van der Waals surface area contributed by atoms with Crippen molar-refractivity contribution in [1.82, 2.24) is 0 Å². The maximum Gasteiger partial charge on any atom is 0.330 e. The Kier molecular flexibility index (Phi) is 2.39. The van der Waals surface area contributed by atoms with Crippen molar-refractivity contribution in [3.8, 4) is 0 Å². The lowest BCUT2D eigenvalue weighted by atomic mass is 10.2. The Labute approximate surface area is 81.8 Å². The number of aliphatic hydroxyl groups excluding tert-OH is 1. The van der Waals surface area contributed by atoms with E-state index < -0.39 is 12.1 Å². The summed E-state index contributed by atoms with van der Waals surface area (Å²) in [4.78, 5) is 11.1. The lowest BCUT2D eigenvalue weighted by molar-refractivity contribution is -0.143. The highest BCUT2D eigenvalue weighted by Gasteiger charge is 2.43. The van der Waals surface area contributed by atoms with E-state index in [0.29, 0.717) is 0 Å². The average Bonchev–Trinajstić information content (AvgIpc) is 2.89. The molecule has 0 aliphatic carbocycles. The van der Waals surface area contributed by atoms with Gasteiger partial charge in [-0.1, -0.05) is 12.2 Å². The van der Waals surface area contributed by atoms with Gasteiger partial charge in [0.25, 0.3) is 0 Å². The van der Waals surface area contributed by atoms with Gasteiger partial charge in [0.2, 0.25) is 0 Å². The van der Waals surface area contributed by atoms with Crippen LogP contribution in [0.15, 0.2) is 24.3 Å². The summed E-state index contributed by atoms with van der Waals surface area (Å²) < 4.78 is 10.3. The van der Waals surface area contributed by atoms with E-state index in [4.69, 9.17) is 9.47 Å². The van der Waals surface area contributed by atoms with Gasteiger partial charge in [-0.15, -0.1) is 0 Å². The van der Waals surface area contributed by atoms with Crippen molar-refractivity contribution in [3.05, 3.63) is 24.3 Å². The Hall–Kier alpha value is -1.13. The van der Waals surface area contributed by atoms with Gasteiger partial charge in [-0.2, -0.15) is 0 Å². The Morgan fingerprint density at radius 1 is 1.36 bits per heavy atom. The first-order valence-electron chi connectivity index (χ1n) is 4.57. The highest BCUT2D eigenvalue weighted by atomic mass is 16.6. The summed E-state index contributed by atoms with van der Waals surface area (Å²) in [6, 6.07) is 0. The molecule has 0 unspecified atom stereocenters. The van der Waals surface area contributed by atoms with Gasteiger partial charge >= 0.3 is 5.97 Å². The molecule has 14 heavy (non-hydrogen) atoms. The van der Waals surface area contributed by atoms with E-state index in [1.54, 1.807) is 19.1 Å². The smallest absolute Gasteiger partial charge is 0.330 e. The van der Waals surface area contributed by atoms with Gasteiger partial charge in [0.05, 0.1) is 6.10 Å². The van der Waals surface area contributed by atoms with Crippen LogP contribution in [0.25, 0.3) is 0 Å². The molecule has 1 saturated heterocycles. The van der Waals surface area contributed by atoms with E-state index >= 15 is 0 Å². The first kappa shape index (κ1) is 9.43. The highest BCUT2D eigenvalue weighted by molar-refractivity contribution is 5.82. The Balaban J connectivity index is 2.11. The molecule has 4 atom stereocenters. The molecule has 0 amide bonds. The van der Waals surface area contributed by atoms with Crippen LogP contribution in [-0.2, 0) is 14.3 Å². The van der Waals surface area contributed by atoms with Crippen molar-refractivity contribution in [2.75, 3.05) is 0 Å². The molecule has 4 heteroatoms. The summed E-state index contributed by atoms with van der Waals surface area (Å²) in [6.07, 6.45) is 4.93. The number of esters is 1. The molecule has 1 fully saturated rings. The van der Waals surface area contributed by atoms with Gasteiger partial charge in [-0.05, 0) is 13.0 Å². The molecule has 0 spiro atoms. The molecule has 0 bridgehead atoms. The molecule has 2 aliphatic rings. The van der Waals surface area contributed by atoms with Gasteiger partial charge in [0.15, 0.2) is 0 Å². The zero-order chi connectivity index (χ0) is 10.1. The first-order chi connectivity index (χ1) is 6.66. The van der Waals surface area contributed by atoms with Crippen LogP contribution < -0.4 is 0 Å². The standard InChI is InChI=1S/C10H12O4/c1-6-10-8(14-10)4-2-7(11)3-5-9(12)13-6/h2-8,10-11H,1H3/b4-2-,5-3-/t6-,7+,8-,10+/m1/s1. The normalized spacial score (nSPS) is 46.0. The number of aliphatic hydroxyl groups is 1. The van der Waals surface area contributed by atoms with Crippen LogP contribution in [-0.4, -0.2) is 35.5 Å². The summed E-state index contributed by atoms with van der Waals surface area (Å²) in [7, 11) is 0. The van der Waals surface area contributed by atoms with Gasteiger partial charge < -0.3 is 14.6 Å². The monoisotopic (exact) mass is 196 g/mol. The fourth-order valence-electron chi connectivity index (χ4n) is 1.42. The van der Waals surface area contributed by atoms with Crippen LogP contribution in [0.3, 0.4) is 0 Å². The summed E-state index contributed by atoms with van der Waals surface area (Å²) in [5.41, 5.74) is 0. The van der Waals surface area contributed by atoms with Crippen LogP contribution in [0.2, 0.25) is 0 Å². The minimum Gasteiger partial charge on any atom is -0.457 e.